The van der Waals surface area contributed by atoms with Gasteiger partial charge in [0.1, 0.15) is 0 Å². The summed E-state index contributed by atoms with van der Waals surface area (Å²) < 4.78 is 0. The second-order valence-electron chi connectivity index (χ2n) is 9.05. The number of benzene rings is 1. The number of carboxylic acids is 4. The van der Waals surface area contributed by atoms with Crippen LogP contribution in [0.1, 0.15) is 37.3 Å². The van der Waals surface area contributed by atoms with Gasteiger partial charge in [-0.25, -0.2) is 0 Å². The number of nitrogens with zero attached hydrogens (tertiary/aromatic N) is 4. The number of thiocarbonyl (C=S) groups is 1. The van der Waals surface area contributed by atoms with E-state index in [9.17, 15) is 39.6 Å². The Labute approximate surface area is 219 Å². The third kappa shape index (κ3) is 9.63. The molecular formula is C24H32N4O8S. The number of isothiocyanates is 1. The molecule has 13 heteroatoms. The van der Waals surface area contributed by atoms with Crippen LogP contribution < -0.4 is 0 Å². The van der Waals surface area contributed by atoms with Crippen molar-refractivity contribution < 1.29 is 39.6 Å². The molecule has 4 N–H and O–H groups in total. The Morgan fingerprint density at radius 2 is 1.32 bits per heavy atom. The molecule has 1 aliphatic rings. The van der Waals surface area contributed by atoms with E-state index in [0.29, 0.717) is 18.5 Å². The quantitative estimate of drug-likeness (QED) is 0.189. The Morgan fingerprint density at radius 1 is 0.865 bits per heavy atom. The SMILES string of the molecule is CN(CC(=O)O)C(CN(CC(=O)O)[C@@H]1CCCC[C@H]1N(CC(=O)O)CC(=O)O)c1ccc(N=C=S)cc1. The fourth-order valence-electron chi connectivity index (χ4n) is 4.94. The number of hydrogen-bond acceptors (Lipinski definition) is 9. The number of carbonyl (C=O) groups is 4. The molecule has 0 bridgehead atoms. The van der Waals surface area contributed by atoms with E-state index >= 15 is 0 Å². The van der Waals surface area contributed by atoms with Crippen LogP contribution in [-0.4, -0.2) is 116 Å². The molecule has 0 radical (unpaired) electrons. The highest BCUT2D eigenvalue weighted by atomic mass is 32.1. The second-order valence-corrected chi connectivity index (χ2v) is 9.24. The molecule has 37 heavy (non-hydrogen) atoms. The summed E-state index contributed by atoms with van der Waals surface area (Å²) in [6.07, 6.45) is 2.58. The van der Waals surface area contributed by atoms with Crippen LogP contribution >= 0.6 is 12.2 Å². The number of hydrogen-bond donors (Lipinski definition) is 4. The van der Waals surface area contributed by atoms with Gasteiger partial charge in [-0.05, 0) is 49.8 Å². The maximum absolute atomic E-state index is 11.9. The van der Waals surface area contributed by atoms with E-state index in [1.54, 1.807) is 41.1 Å². The summed E-state index contributed by atoms with van der Waals surface area (Å²) in [6, 6.07) is 5.44. The fourth-order valence-corrected chi connectivity index (χ4v) is 5.05. The molecule has 1 fully saturated rings. The Kier molecular flexibility index (Phi) is 11.8. The van der Waals surface area contributed by atoms with Gasteiger partial charge in [0.05, 0.1) is 37.0 Å². The molecule has 0 aliphatic heterocycles. The van der Waals surface area contributed by atoms with Crippen LogP contribution in [0.5, 0.6) is 0 Å². The molecular weight excluding hydrogens is 504 g/mol. The molecule has 12 nitrogen and oxygen atoms in total. The number of rotatable bonds is 15. The first kappa shape index (κ1) is 30.0. The number of carboxylic acid groups (broad SMARTS) is 4. The van der Waals surface area contributed by atoms with Crippen LogP contribution in [0.25, 0.3) is 0 Å². The van der Waals surface area contributed by atoms with Crippen LogP contribution in [-0.2, 0) is 19.2 Å². The minimum absolute atomic E-state index is 0.126. The van der Waals surface area contributed by atoms with Crippen LogP contribution in [0.2, 0.25) is 0 Å². The van der Waals surface area contributed by atoms with E-state index in [2.05, 4.69) is 22.4 Å². The van der Waals surface area contributed by atoms with Gasteiger partial charge >= 0.3 is 23.9 Å². The lowest BCUT2D eigenvalue weighted by atomic mass is 9.87. The second kappa shape index (κ2) is 14.5. The topological polar surface area (TPSA) is 171 Å². The van der Waals surface area contributed by atoms with Crippen molar-refractivity contribution in [2.75, 3.05) is 39.8 Å². The molecule has 2 rings (SSSR count). The Bertz CT molecular complexity index is 999. The lowest BCUT2D eigenvalue weighted by Crippen LogP contribution is -2.57. The van der Waals surface area contributed by atoms with Gasteiger partial charge in [-0.3, -0.25) is 33.9 Å². The molecule has 1 unspecified atom stereocenters. The molecule has 0 amide bonds. The van der Waals surface area contributed by atoms with E-state index in [1.807, 2.05) is 0 Å². The van der Waals surface area contributed by atoms with Crippen molar-refractivity contribution in [3.63, 3.8) is 0 Å². The van der Waals surface area contributed by atoms with Gasteiger partial charge in [0, 0.05) is 24.7 Å². The molecule has 1 aromatic carbocycles. The normalized spacial score (nSPS) is 18.4. The monoisotopic (exact) mass is 536 g/mol. The highest BCUT2D eigenvalue weighted by Gasteiger charge is 2.38. The molecule has 202 valence electrons. The van der Waals surface area contributed by atoms with Gasteiger partial charge in [0.15, 0.2) is 0 Å². The van der Waals surface area contributed by atoms with Crippen molar-refractivity contribution in [2.24, 2.45) is 4.99 Å². The van der Waals surface area contributed by atoms with Crippen LogP contribution in [0, 0.1) is 0 Å². The number of likely N-dealkylation sites (N-methyl/N-ethyl adjacent to an activating group) is 1. The van der Waals surface area contributed by atoms with Gasteiger partial charge < -0.3 is 20.4 Å². The Hall–Kier alpha value is -3.22. The minimum atomic E-state index is -1.17. The standard InChI is InChI=1S/C24H32N4O8S/c1-26(11-21(29)30)20(16-6-8-17(9-7-16)25-15-37)10-27(12-22(31)32)18-4-2-3-5-19(18)28(13-23(33)34)14-24(35)36/h6-9,18-20H,2-5,10-14H2,1H3,(H,29,30)(H,31,32)(H,33,34)(H,35,36)/t18-,19-,20?/m1/s1. The summed E-state index contributed by atoms with van der Waals surface area (Å²) in [5.74, 6) is -4.50. The van der Waals surface area contributed by atoms with Crippen molar-refractivity contribution >= 4 is 46.9 Å². The summed E-state index contributed by atoms with van der Waals surface area (Å²) in [4.78, 5) is 55.0. The highest BCUT2D eigenvalue weighted by Crippen LogP contribution is 2.31. The summed E-state index contributed by atoms with van der Waals surface area (Å²) in [5.41, 5.74) is 1.29. The zero-order chi connectivity index (χ0) is 27.5. The van der Waals surface area contributed by atoms with Crippen LogP contribution in [0.15, 0.2) is 29.3 Å². The average Bonchev–Trinajstić information content (AvgIpc) is 2.81. The first-order valence-electron chi connectivity index (χ1n) is 11.7. The van der Waals surface area contributed by atoms with E-state index in [1.165, 1.54) is 4.90 Å². The van der Waals surface area contributed by atoms with Gasteiger partial charge in [-0.15, -0.1) is 0 Å². The van der Waals surface area contributed by atoms with Crippen molar-refractivity contribution in [1.29, 1.82) is 0 Å². The predicted octanol–water partition coefficient (Wildman–Crippen LogP) is 1.65. The van der Waals surface area contributed by atoms with Crippen molar-refractivity contribution in [3.05, 3.63) is 29.8 Å². The third-order valence-corrected chi connectivity index (χ3v) is 6.52. The summed E-state index contributed by atoms with van der Waals surface area (Å²) in [5, 5.41) is 40.2. The van der Waals surface area contributed by atoms with E-state index in [4.69, 9.17) is 0 Å². The lowest BCUT2D eigenvalue weighted by molar-refractivity contribution is -0.146. The smallest absolute Gasteiger partial charge is 0.317 e. The fraction of sp³-hybridized carbons (Fsp3) is 0.542. The van der Waals surface area contributed by atoms with E-state index in [0.717, 1.165) is 18.4 Å². The Morgan fingerprint density at radius 3 is 1.78 bits per heavy atom. The third-order valence-electron chi connectivity index (χ3n) is 6.42. The maximum Gasteiger partial charge on any atom is 0.317 e. The highest BCUT2D eigenvalue weighted by molar-refractivity contribution is 7.78. The summed E-state index contributed by atoms with van der Waals surface area (Å²) in [7, 11) is 1.63. The van der Waals surface area contributed by atoms with Gasteiger partial charge in [0.2, 0.25) is 0 Å². The molecule has 1 saturated carbocycles. The first-order chi connectivity index (χ1) is 17.5. The first-order valence-corrected chi connectivity index (χ1v) is 12.2. The summed E-state index contributed by atoms with van der Waals surface area (Å²) in [6.45, 7) is -1.53. The van der Waals surface area contributed by atoms with E-state index in [-0.39, 0.29) is 19.6 Å². The van der Waals surface area contributed by atoms with Crippen LogP contribution in [0.4, 0.5) is 5.69 Å². The average molecular weight is 537 g/mol. The van der Waals surface area contributed by atoms with Crippen LogP contribution in [0.3, 0.4) is 0 Å². The van der Waals surface area contributed by atoms with Gasteiger partial charge in [0.25, 0.3) is 0 Å². The molecule has 0 spiro atoms. The van der Waals surface area contributed by atoms with Gasteiger partial charge in [-0.2, -0.15) is 4.99 Å². The van der Waals surface area contributed by atoms with Gasteiger partial charge in [-0.1, -0.05) is 25.0 Å². The summed E-state index contributed by atoms with van der Waals surface area (Å²) >= 11 is 4.63. The molecule has 0 aromatic heterocycles. The van der Waals surface area contributed by atoms with Crippen molar-refractivity contribution in [3.8, 4) is 0 Å². The lowest BCUT2D eigenvalue weighted by Gasteiger charge is -2.45. The Balaban J connectivity index is 2.46. The zero-order valence-electron chi connectivity index (χ0n) is 20.5. The largest absolute Gasteiger partial charge is 0.480 e. The van der Waals surface area contributed by atoms with Crippen molar-refractivity contribution in [2.45, 2.75) is 43.8 Å². The molecule has 1 aliphatic carbocycles. The zero-order valence-corrected chi connectivity index (χ0v) is 21.3. The molecule has 0 saturated heterocycles. The maximum atomic E-state index is 11.9. The predicted molar refractivity (Wildman–Crippen MR) is 136 cm³/mol. The van der Waals surface area contributed by atoms with E-state index < -0.39 is 55.1 Å². The number of aliphatic carboxylic acids is 4. The van der Waals surface area contributed by atoms with Crippen molar-refractivity contribution in [1.82, 2.24) is 14.7 Å². The molecule has 1 aromatic rings. The minimum Gasteiger partial charge on any atom is -0.480 e. The molecule has 3 atom stereocenters. The molecule has 0 heterocycles. The number of aliphatic imine (C=N–C) groups is 1.